The molecule has 0 unspecified atom stereocenters. The molecule has 0 amide bonds. The number of benzene rings is 3. The van der Waals surface area contributed by atoms with Gasteiger partial charge in [-0.05, 0) is 30.7 Å². The van der Waals surface area contributed by atoms with Crippen molar-refractivity contribution in [2.75, 3.05) is 0 Å². The summed E-state index contributed by atoms with van der Waals surface area (Å²) in [6, 6.07) is 19.4. The number of thiophene rings is 1. The van der Waals surface area contributed by atoms with Gasteiger partial charge in [0.15, 0.2) is 0 Å². The molecule has 0 saturated heterocycles. The lowest BCUT2D eigenvalue weighted by molar-refractivity contribution is 0.666. The summed E-state index contributed by atoms with van der Waals surface area (Å²) < 4.78 is 8.77. The Kier molecular flexibility index (Phi) is 2.09. The second kappa shape index (κ2) is 3.86. The van der Waals surface area contributed by atoms with Crippen molar-refractivity contribution >= 4 is 53.4 Å². The Balaban J connectivity index is 2.03. The maximum atomic E-state index is 6.11. The van der Waals surface area contributed by atoms with E-state index in [2.05, 4.69) is 61.5 Å². The largest absolute Gasteiger partial charge is 0.456 e. The number of hydrogen-bond acceptors (Lipinski definition) is 2. The summed E-state index contributed by atoms with van der Waals surface area (Å²) in [5.74, 6) is 0. The Morgan fingerprint density at radius 3 is 2.57 bits per heavy atom. The summed E-state index contributed by atoms with van der Waals surface area (Å²) in [4.78, 5) is 0. The molecule has 2 aromatic heterocycles. The molecule has 0 saturated carbocycles. The normalized spacial score (nSPS) is 12.0. The SMILES string of the molecule is Cc1cccc2c1oc1cc3c(cc12)sc1ccccc13. The quantitative estimate of drug-likeness (QED) is 0.327. The zero-order chi connectivity index (χ0) is 14.0. The highest BCUT2D eigenvalue weighted by atomic mass is 32.1. The highest BCUT2D eigenvalue weighted by Crippen LogP contribution is 2.39. The molecule has 100 valence electrons. The van der Waals surface area contributed by atoms with E-state index < -0.39 is 0 Å². The highest BCUT2D eigenvalue weighted by Gasteiger charge is 2.12. The van der Waals surface area contributed by atoms with Crippen molar-refractivity contribution in [3.63, 3.8) is 0 Å². The van der Waals surface area contributed by atoms with E-state index in [4.69, 9.17) is 4.42 Å². The minimum absolute atomic E-state index is 0.982. The Labute approximate surface area is 125 Å². The number of para-hydroxylation sites is 1. The summed E-state index contributed by atoms with van der Waals surface area (Å²) >= 11 is 1.85. The van der Waals surface area contributed by atoms with Crippen LogP contribution in [0.5, 0.6) is 0 Å². The molecule has 0 radical (unpaired) electrons. The zero-order valence-corrected chi connectivity index (χ0v) is 12.3. The van der Waals surface area contributed by atoms with Crippen molar-refractivity contribution in [1.82, 2.24) is 0 Å². The number of rotatable bonds is 0. The number of aryl methyl sites for hydroxylation is 1. The predicted octanol–water partition coefficient (Wildman–Crippen LogP) is 6.26. The predicted molar refractivity (Wildman–Crippen MR) is 91.3 cm³/mol. The van der Waals surface area contributed by atoms with Crippen molar-refractivity contribution in [1.29, 1.82) is 0 Å². The number of furan rings is 1. The lowest BCUT2D eigenvalue weighted by atomic mass is 10.1. The zero-order valence-electron chi connectivity index (χ0n) is 11.5. The van der Waals surface area contributed by atoms with Crippen molar-refractivity contribution in [2.24, 2.45) is 0 Å². The van der Waals surface area contributed by atoms with Crippen LogP contribution in [-0.2, 0) is 0 Å². The second-order valence-electron chi connectivity index (χ2n) is 5.50. The summed E-state index contributed by atoms with van der Waals surface area (Å²) in [6.07, 6.45) is 0. The molecule has 5 aromatic rings. The van der Waals surface area contributed by atoms with Gasteiger partial charge in [-0.25, -0.2) is 0 Å². The van der Waals surface area contributed by atoms with E-state index in [0.29, 0.717) is 0 Å². The Bertz CT molecular complexity index is 1140. The molecule has 0 N–H and O–H groups in total. The molecule has 0 aliphatic rings. The smallest absolute Gasteiger partial charge is 0.138 e. The van der Waals surface area contributed by atoms with E-state index in [9.17, 15) is 0 Å². The van der Waals surface area contributed by atoms with Crippen molar-refractivity contribution in [2.45, 2.75) is 6.92 Å². The fraction of sp³-hybridized carbons (Fsp3) is 0.0526. The maximum Gasteiger partial charge on any atom is 0.138 e. The average molecular weight is 288 g/mol. The van der Waals surface area contributed by atoms with Crippen LogP contribution in [0.4, 0.5) is 0 Å². The van der Waals surface area contributed by atoms with Crippen molar-refractivity contribution < 1.29 is 4.42 Å². The third-order valence-corrected chi connectivity index (χ3v) is 5.33. The molecule has 0 bridgehead atoms. The van der Waals surface area contributed by atoms with Gasteiger partial charge in [0.25, 0.3) is 0 Å². The van der Waals surface area contributed by atoms with Gasteiger partial charge in [-0.3, -0.25) is 0 Å². The first-order valence-electron chi connectivity index (χ1n) is 7.04. The van der Waals surface area contributed by atoms with E-state index in [0.717, 1.165) is 11.2 Å². The van der Waals surface area contributed by atoms with Gasteiger partial charge >= 0.3 is 0 Å². The van der Waals surface area contributed by atoms with E-state index >= 15 is 0 Å². The van der Waals surface area contributed by atoms with E-state index in [1.807, 2.05) is 11.3 Å². The van der Waals surface area contributed by atoms with Crippen LogP contribution >= 0.6 is 11.3 Å². The first-order chi connectivity index (χ1) is 10.3. The minimum atomic E-state index is 0.982. The third-order valence-electron chi connectivity index (χ3n) is 4.19. The molecular formula is C19H12OS. The van der Waals surface area contributed by atoms with Gasteiger partial charge in [0.2, 0.25) is 0 Å². The molecule has 5 rings (SSSR count). The van der Waals surface area contributed by atoms with Crippen molar-refractivity contribution in [3.05, 3.63) is 60.2 Å². The van der Waals surface area contributed by atoms with Gasteiger partial charge in [0.1, 0.15) is 11.2 Å². The van der Waals surface area contributed by atoms with E-state index in [1.54, 1.807) is 0 Å². The van der Waals surface area contributed by atoms with E-state index in [-0.39, 0.29) is 0 Å². The summed E-state index contributed by atoms with van der Waals surface area (Å²) in [6.45, 7) is 2.10. The summed E-state index contributed by atoms with van der Waals surface area (Å²) in [5.41, 5.74) is 3.18. The van der Waals surface area contributed by atoms with Crippen LogP contribution < -0.4 is 0 Å². The van der Waals surface area contributed by atoms with Crippen LogP contribution in [0.1, 0.15) is 5.56 Å². The Hall–Kier alpha value is -2.32. The average Bonchev–Trinajstić information content (AvgIpc) is 3.04. The fourth-order valence-electron chi connectivity index (χ4n) is 3.16. The molecule has 1 nitrogen and oxygen atoms in total. The molecule has 3 aromatic carbocycles. The first kappa shape index (κ1) is 11.4. The maximum absolute atomic E-state index is 6.11. The molecule has 21 heavy (non-hydrogen) atoms. The van der Waals surface area contributed by atoms with Gasteiger partial charge in [0.05, 0.1) is 0 Å². The summed E-state index contributed by atoms with van der Waals surface area (Å²) in [5, 5.41) is 5.04. The van der Waals surface area contributed by atoms with Crippen LogP contribution in [0.2, 0.25) is 0 Å². The van der Waals surface area contributed by atoms with Crippen LogP contribution in [-0.4, -0.2) is 0 Å². The number of fused-ring (bicyclic) bond motifs is 6. The topological polar surface area (TPSA) is 13.1 Å². The highest BCUT2D eigenvalue weighted by molar-refractivity contribution is 7.25. The van der Waals surface area contributed by atoms with Gasteiger partial charge in [0, 0.05) is 30.9 Å². The molecule has 2 heterocycles. The molecule has 0 spiro atoms. The Morgan fingerprint density at radius 2 is 1.62 bits per heavy atom. The van der Waals surface area contributed by atoms with Gasteiger partial charge in [-0.2, -0.15) is 0 Å². The van der Waals surface area contributed by atoms with Gasteiger partial charge in [-0.1, -0.05) is 36.4 Å². The van der Waals surface area contributed by atoms with Crippen LogP contribution in [0.15, 0.2) is 59.0 Å². The lowest BCUT2D eigenvalue weighted by Crippen LogP contribution is -1.71. The first-order valence-corrected chi connectivity index (χ1v) is 7.86. The van der Waals surface area contributed by atoms with Crippen LogP contribution in [0.3, 0.4) is 0 Å². The van der Waals surface area contributed by atoms with Crippen molar-refractivity contribution in [3.8, 4) is 0 Å². The van der Waals surface area contributed by atoms with E-state index in [1.165, 1.54) is 36.5 Å². The third kappa shape index (κ3) is 1.45. The molecule has 0 aliphatic heterocycles. The molecule has 2 heteroatoms. The molecule has 0 atom stereocenters. The van der Waals surface area contributed by atoms with Gasteiger partial charge < -0.3 is 4.42 Å². The minimum Gasteiger partial charge on any atom is -0.456 e. The molecule has 0 aliphatic carbocycles. The van der Waals surface area contributed by atoms with Crippen LogP contribution in [0, 0.1) is 6.92 Å². The Morgan fingerprint density at radius 1 is 0.762 bits per heavy atom. The lowest BCUT2D eigenvalue weighted by Gasteiger charge is -1.92. The van der Waals surface area contributed by atoms with Gasteiger partial charge in [-0.15, -0.1) is 11.3 Å². The monoisotopic (exact) mass is 288 g/mol. The summed E-state index contributed by atoms with van der Waals surface area (Å²) in [7, 11) is 0. The fourth-order valence-corrected chi connectivity index (χ4v) is 4.28. The second-order valence-corrected chi connectivity index (χ2v) is 6.58. The van der Waals surface area contributed by atoms with Crippen LogP contribution in [0.25, 0.3) is 42.1 Å². The standard InChI is InChI=1S/C19H12OS/c1-11-5-4-7-13-14-10-18-15(9-16(14)20-19(11)13)12-6-2-3-8-17(12)21-18/h2-10H,1H3. The molecular weight excluding hydrogens is 276 g/mol. The molecule has 0 fully saturated rings. The number of hydrogen-bond donors (Lipinski definition) is 0.